The Morgan fingerprint density at radius 3 is 2.68 bits per heavy atom. The topological polar surface area (TPSA) is 97.1 Å². The summed E-state index contributed by atoms with van der Waals surface area (Å²) < 4.78 is 8.05. The number of nitrogens with zero attached hydrogens (tertiary/aromatic N) is 4. The highest BCUT2D eigenvalue weighted by Gasteiger charge is 2.21. The lowest BCUT2D eigenvalue weighted by Gasteiger charge is -2.26. The first-order chi connectivity index (χ1) is 15.2. The van der Waals surface area contributed by atoms with Gasteiger partial charge in [0, 0.05) is 6.04 Å². The molecule has 0 radical (unpaired) electrons. The minimum Gasteiger partial charge on any atom is -0.497 e. The molecule has 31 heavy (non-hydrogen) atoms. The summed E-state index contributed by atoms with van der Waals surface area (Å²) in [4.78, 5) is 9.40. The molecule has 3 aromatic heterocycles. The van der Waals surface area contributed by atoms with E-state index in [-0.39, 0.29) is 6.10 Å². The predicted octanol–water partition coefficient (Wildman–Crippen LogP) is 4.34. The zero-order valence-corrected chi connectivity index (χ0v) is 18.0. The highest BCUT2D eigenvalue weighted by molar-refractivity contribution is 7.17. The molecule has 8 nitrogen and oxygen atoms in total. The third-order valence-electron chi connectivity index (χ3n) is 5.52. The Labute approximate surface area is 183 Å². The van der Waals surface area contributed by atoms with Crippen LogP contribution in [0.2, 0.25) is 0 Å². The van der Waals surface area contributed by atoms with Gasteiger partial charge in [-0.05, 0) is 61.4 Å². The van der Waals surface area contributed by atoms with E-state index in [0.717, 1.165) is 58.8 Å². The summed E-state index contributed by atoms with van der Waals surface area (Å²) in [6, 6.07) is 10.0. The molecule has 0 amide bonds. The van der Waals surface area contributed by atoms with Crippen LogP contribution >= 0.6 is 11.3 Å². The molecule has 3 heterocycles. The lowest BCUT2D eigenvalue weighted by molar-refractivity contribution is 0.126. The summed E-state index contributed by atoms with van der Waals surface area (Å²) in [6.45, 7) is 0. The second kappa shape index (κ2) is 8.52. The van der Waals surface area contributed by atoms with Gasteiger partial charge in [-0.3, -0.25) is 0 Å². The van der Waals surface area contributed by atoms with E-state index < -0.39 is 0 Å². The number of aliphatic hydroxyl groups excluding tert-OH is 1. The van der Waals surface area contributed by atoms with Crippen molar-refractivity contribution in [3.8, 4) is 11.4 Å². The van der Waals surface area contributed by atoms with Crippen LogP contribution in [0.4, 0.5) is 17.5 Å². The Morgan fingerprint density at radius 1 is 1.10 bits per heavy atom. The van der Waals surface area contributed by atoms with E-state index >= 15 is 0 Å². The van der Waals surface area contributed by atoms with Crippen molar-refractivity contribution in [3.63, 3.8) is 0 Å². The van der Waals surface area contributed by atoms with Gasteiger partial charge in [0.15, 0.2) is 0 Å². The maximum absolute atomic E-state index is 9.78. The minimum absolute atomic E-state index is 0.176. The SMILES string of the molecule is COc1ccc(-n2cc(Nc3nc(N[C@H]4CC[C@H](O)CC4)c4sccc4n3)cn2)cc1. The molecular formula is C22H24N6O2S. The van der Waals surface area contributed by atoms with Crippen LogP contribution in [0, 0.1) is 0 Å². The molecule has 1 fully saturated rings. The number of hydrogen-bond acceptors (Lipinski definition) is 8. The number of fused-ring (bicyclic) bond motifs is 1. The van der Waals surface area contributed by atoms with Crippen molar-refractivity contribution in [2.45, 2.75) is 37.8 Å². The quantitative estimate of drug-likeness (QED) is 0.413. The minimum atomic E-state index is -0.176. The zero-order chi connectivity index (χ0) is 21.2. The molecule has 0 bridgehead atoms. The predicted molar refractivity (Wildman–Crippen MR) is 123 cm³/mol. The van der Waals surface area contributed by atoms with Crippen molar-refractivity contribution in [2.24, 2.45) is 0 Å². The number of aliphatic hydroxyl groups is 1. The van der Waals surface area contributed by atoms with Gasteiger partial charge in [0.2, 0.25) is 5.95 Å². The first kappa shape index (κ1) is 19.8. The van der Waals surface area contributed by atoms with E-state index in [1.165, 1.54) is 0 Å². The summed E-state index contributed by atoms with van der Waals surface area (Å²) >= 11 is 1.63. The summed E-state index contributed by atoms with van der Waals surface area (Å²) in [5.74, 6) is 2.17. The average molecular weight is 437 g/mol. The lowest BCUT2D eigenvalue weighted by atomic mass is 9.93. The number of benzene rings is 1. The van der Waals surface area contributed by atoms with Gasteiger partial charge in [0.25, 0.3) is 0 Å². The number of aromatic nitrogens is 4. The Hall–Kier alpha value is -3.17. The van der Waals surface area contributed by atoms with Crippen LogP contribution in [-0.2, 0) is 0 Å². The van der Waals surface area contributed by atoms with Crippen molar-refractivity contribution >= 4 is 39.0 Å². The fourth-order valence-electron chi connectivity index (χ4n) is 3.82. The highest BCUT2D eigenvalue weighted by atomic mass is 32.1. The molecule has 5 rings (SSSR count). The third-order valence-corrected chi connectivity index (χ3v) is 6.43. The van der Waals surface area contributed by atoms with Gasteiger partial charge in [-0.1, -0.05) is 0 Å². The van der Waals surface area contributed by atoms with E-state index in [1.807, 2.05) is 41.9 Å². The second-order valence-electron chi connectivity index (χ2n) is 7.68. The second-order valence-corrected chi connectivity index (χ2v) is 8.59. The van der Waals surface area contributed by atoms with E-state index in [9.17, 15) is 5.11 Å². The summed E-state index contributed by atoms with van der Waals surface area (Å²) in [5.41, 5.74) is 2.64. The molecule has 4 aromatic rings. The largest absolute Gasteiger partial charge is 0.497 e. The van der Waals surface area contributed by atoms with Crippen LogP contribution in [0.3, 0.4) is 0 Å². The zero-order valence-electron chi connectivity index (χ0n) is 17.2. The number of anilines is 3. The van der Waals surface area contributed by atoms with E-state index in [2.05, 4.69) is 20.7 Å². The van der Waals surface area contributed by atoms with Crippen molar-refractivity contribution in [1.29, 1.82) is 0 Å². The molecule has 1 aliphatic rings. The molecule has 9 heteroatoms. The van der Waals surface area contributed by atoms with Crippen LogP contribution in [0.5, 0.6) is 5.75 Å². The fourth-order valence-corrected chi connectivity index (χ4v) is 4.61. The van der Waals surface area contributed by atoms with E-state index in [4.69, 9.17) is 9.72 Å². The Morgan fingerprint density at radius 2 is 1.90 bits per heavy atom. The van der Waals surface area contributed by atoms with E-state index in [1.54, 1.807) is 29.3 Å². The van der Waals surface area contributed by atoms with Gasteiger partial charge < -0.3 is 20.5 Å². The Bertz CT molecular complexity index is 1160. The number of thiophene rings is 1. The number of ether oxygens (including phenoxy) is 1. The van der Waals surface area contributed by atoms with Gasteiger partial charge in [0.05, 0.1) is 47.2 Å². The monoisotopic (exact) mass is 436 g/mol. The number of hydrogen-bond donors (Lipinski definition) is 3. The van der Waals surface area contributed by atoms with Crippen molar-refractivity contribution in [2.75, 3.05) is 17.7 Å². The standard InChI is InChI=1S/C22H24N6O2S/c1-30-18-8-4-16(5-9-18)28-13-15(12-23-28)25-22-26-19-10-11-31-20(19)21(27-22)24-14-2-6-17(29)7-3-14/h4-5,8-14,17,29H,2-3,6-7H2,1H3,(H2,24,25,26,27)/t14-,17-. The molecular weight excluding hydrogens is 412 g/mol. The van der Waals surface area contributed by atoms with Crippen LogP contribution < -0.4 is 15.4 Å². The average Bonchev–Trinajstić information content (AvgIpc) is 3.45. The van der Waals surface area contributed by atoms with Gasteiger partial charge in [-0.2, -0.15) is 10.1 Å². The Balaban J connectivity index is 1.36. The van der Waals surface area contributed by atoms with Gasteiger partial charge >= 0.3 is 0 Å². The molecule has 0 saturated heterocycles. The molecule has 0 spiro atoms. The third kappa shape index (κ3) is 4.33. The van der Waals surface area contributed by atoms with Crippen LogP contribution in [0.15, 0.2) is 48.1 Å². The van der Waals surface area contributed by atoms with E-state index in [0.29, 0.717) is 12.0 Å². The summed E-state index contributed by atoms with van der Waals surface area (Å²) in [5, 5.41) is 23.1. The number of rotatable bonds is 6. The Kier molecular flexibility index (Phi) is 5.44. The molecule has 3 N–H and O–H groups in total. The molecule has 0 unspecified atom stereocenters. The molecule has 1 aromatic carbocycles. The molecule has 0 aliphatic heterocycles. The van der Waals surface area contributed by atoms with Crippen molar-refractivity contribution in [3.05, 3.63) is 48.1 Å². The van der Waals surface area contributed by atoms with Gasteiger partial charge in [-0.25, -0.2) is 9.67 Å². The van der Waals surface area contributed by atoms with Crippen LogP contribution in [0.1, 0.15) is 25.7 Å². The number of nitrogens with one attached hydrogen (secondary N) is 2. The first-order valence-electron chi connectivity index (χ1n) is 10.3. The maximum Gasteiger partial charge on any atom is 0.229 e. The smallest absolute Gasteiger partial charge is 0.229 e. The molecule has 1 aliphatic carbocycles. The van der Waals surface area contributed by atoms with Crippen LogP contribution in [0.25, 0.3) is 15.9 Å². The maximum atomic E-state index is 9.78. The summed E-state index contributed by atoms with van der Waals surface area (Å²) in [6.07, 6.45) is 7.01. The number of methoxy groups -OCH3 is 1. The molecule has 1 saturated carbocycles. The van der Waals surface area contributed by atoms with Crippen molar-refractivity contribution in [1.82, 2.24) is 19.7 Å². The van der Waals surface area contributed by atoms with Crippen LogP contribution in [-0.4, -0.2) is 44.1 Å². The fraction of sp³-hybridized carbons (Fsp3) is 0.318. The van der Waals surface area contributed by atoms with Gasteiger partial charge in [0.1, 0.15) is 11.6 Å². The normalized spacial score (nSPS) is 18.8. The first-order valence-corrected chi connectivity index (χ1v) is 11.2. The van der Waals surface area contributed by atoms with Crippen molar-refractivity contribution < 1.29 is 9.84 Å². The highest BCUT2D eigenvalue weighted by Crippen LogP contribution is 2.31. The summed E-state index contributed by atoms with van der Waals surface area (Å²) in [7, 11) is 1.65. The molecule has 0 atom stereocenters. The lowest BCUT2D eigenvalue weighted by Crippen LogP contribution is -2.28. The van der Waals surface area contributed by atoms with Gasteiger partial charge in [-0.15, -0.1) is 11.3 Å². The molecule has 160 valence electrons.